The van der Waals surface area contributed by atoms with Crippen LogP contribution in [0.4, 0.5) is 0 Å². The van der Waals surface area contributed by atoms with Gasteiger partial charge < -0.3 is 14.6 Å². The Bertz CT molecular complexity index is 611. The van der Waals surface area contributed by atoms with Crippen molar-refractivity contribution in [1.82, 2.24) is 4.90 Å². The summed E-state index contributed by atoms with van der Waals surface area (Å²) in [6, 6.07) is 11.9. The van der Waals surface area contributed by atoms with Gasteiger partial charge in [-0.2, -0.15) is 0 Å². The summed E-state index contributed by atoms with van der Waals surface area (Å²) < 4.78 is 11.0. The molecule has 130 valence electrons. The molecule has 1 aromatic carbocycles. The van der Waals surface area contributed by atoms with Crippen LogP contribution in [0.2, 0.25) is 0 Å². The third-order valence-electron chi connectivity index (χ3n) is 4.36. The molecule has 5 heteroatoms. The van der Waals surface area contributed by atoms with E-state index >= 15 is 0 Å². The van der Waals surface area contributed by atoms with Crippen LogP contribution in [-0.2, 0) is 11.3 Å². The predicted octanol–water partition coefficient (Wildman–Crippen LogP) is 3.47. The lowest BCUT2D eigenvalue weighted by atomic mass is 10.1. The van der Waals surface area contributed by atoms with Gasteiger partial charge in [-0.25, -0.2) is 0 Å². The summed E-state index contributed by atoms with van der Waals surface area (Å²) in [5.41, 5.74) is 0.887. The van der Waals surface area contributed by atoms with Crippen molar-refractivity contribution in [3.63, 3.8) is 0 Å². The zero-order valence-corrected chi connectivity index (χ0v) is 14.9. The first-order valence-corrected chi connectivity index (χ1v) is 9.31. The summed E-state index contributed by atoms with van der Waals surface area (Å²) in [6.45, 7) is 3.15. The number of aliphatic hydroxyl groups excluding tert-OH is 1. The van der Waals surface area contributed by atoms with Crippen LogP contribution in [-0.4, -0.2) is 42.9 Å². The number of ether oxygens (including phenoxy) is 2. The fourth-order valence-electron chi connectivity index (χ4n) is 3.10. The molecule has 2 heterocycles. The Kier molecular flexibility index (Phi) is 6.26. The van der Waals surface area contributed by atoms with Gasteiger partial charge in [0.05, 0.1) is 19.3 Å². The molecule has 4 nitrogen and oxygen atoms in total. The highest BCUT2D eigenvalue weighted by molar-refractivity contribution is 7.09. The molecule has 1 aromatic heterocycles. The highest BCUT2D eigenvalue weighted by atomic mass is 32.1. The Labute approximate surface area is 147 Å². The Balaban J connectivity index is 1.66. The van der Waals surface area contributed by atoms with Crippen LogP contribution in [0.3, 0.4) is 0 Å². The summed E-state index contributed by atoms with van der Waals surface area (Å²) in [4.78, 5) is 3.61. The van der Waals surface area contributed by atoms with Crippen molar-refractivity contribution in [2.24, 2.45) is 0 Å². The Morgan fingerprint density at radius 2 is 2.29 bits per heavy atom. The lowest BCUT2D eigenvalue weighted by molar-refractivity contribution is 0.0464. The van der Waals surface area contributed by atoms with Gasteiger partial charge >= 0.3 is 0 Å². The molecule has 2 unspecified atom stereocenters. The monoisotopic (exact) mass is 347 g/mol. The highest BCUT2D eigenvalue weighted by Gasteiger charge is 2.22. The summed E-state index contributed by atoms with van der Waals surface area (Å²) in [5, 5.41) is 12.8. The molecule has 24 heavy (non-hydrogen) atoms. The molecule has 1 fully saturated rings. The average molecular weight is 347 g/mol. The topological polar surface area (TPSA) is 41.9 Å². The zero-order chi connectivity index (χ0) is 16.8. The molecule has 1 aliphatic heterocycles. The maximum atomic E-state index is 10.7. The first-order valence-electron chi connectivity index (χ1n) is 8.43. The minimum Gasteiger partial charge on any atom is -0.497 e. The van der Waals surface area contributed by atoms with Crippen molar-refractivity contribution in [2.45, 2.75) is 31.6 Å². The van der Waals surface area contributed by atoms with Crippen molar-refractivity contribution in [2.75, 3.05) is 26.8 Å². The van der Waals surface area contributed by atoms with E-state index in [0.29, 0.717) is 6.54 Å². The number of hydrogen-bond donors (Lipinski definition) is 1. The number of thiophene rings is 1. The maximum absolute atomic E-state index is 10.7. The van der Waals surface area contributed by atoms with Gasteiger partial charge in [0.15, 0.2) is 0 Å². The van der Waals surface area contributed by atoms with Gasteiger partial charge in [0.1, 0.15) is 5.75 Å². The summed E-state index contributed by atoms with van der Waals surface area (Å²) in [6.07, 6.45) is 1.98. The van der Waals surface area contributed by atoms with Crippen LogP contribution in [0.5, 0.6) is 5.75 Å². The standard InChI is InChI=1S/C19H25NO3S/c1-22-16-6-2-5-15(11-16)19(21)14-20(12-17-7-3-9-23-17)13-18-8-4-10-24-18/h2,4-6,8,10-11,17,19,21H,3,7,9,12-14H2,1H3. The molecule has 1 aliphatic rings. The van der Waals surface area contributed by atoms with Crippen LogP contribution < -0.4 is 4.74 Å². The minimum atomic E-state index is -0.540. The number of nitrogens with zero attached hydrogens (tertiary/aromatic N) is 1. The minimum absolute atomic E-state index is 0.280. The summed E-state index contributed by atoms with van der Waals surface area (Å²) >= 11 is 1.75. The van der Waals surface area contributed by atoms with Crippen LogP contribution >= 0.6 is 11.3 Å². The SMILES string of the molecule is COc1cccc(C(O)CN(Cc2cccs2)CC2CCCO2)c1. The largest absolute Gasteiger partial charge is 0.497 e. The first kappa shape index (κ1) is 17.4. The van der Waals surface area contributed by atoms with E-state index in [-0.39, 0.29) is 6.10 Å². The van der Waals surface area contributed by atoms with Crippen molar-refractivity contribution in [3.05, 3.63) is 52.2 Å². The van der Waals surface area contributed by atoms with E-state index in [0.717, 1.165) is 43.9 Å². The highest BCUT2D eigenvalue weighted by Crippen LogP contribution is 2.23. The number of benzene rings is 1. The molecular weight excluding hydrogens is 322 g/mol. The van der Waals surface area contributed by atoms with Gasteiger partial charge in [0, 0.05) is 31.1 Å². The van der Waals surface area contributed by atoms with E-state index in [2.05, 4.69) is 22.4 Å². The maximum Gasteiger partial charge on any atom is 0.119 e. The van der Waals surface area contributed by atoms with Gasteiger partial charge in [-0.3, -0.25) is 4.90 Å². The van der Waals surface area contributed by atoms with Gasteiger partial charge in [-0.05, 0) is 42.0 Å². The smallest absolute Gasteiger partial charge is 0.119 e. The molecule has 2 atom stereocenters. The van der Waals surface area contributed by atoms with Gasteiger partial charge in [-0.15, -0.1) is 11.3 Å². The van der Waals surface area contributed by atoms with Crippen molar-refractivity contribution in [1.29, 1.82) is 0 Å². The number of hydrogen-bond acceptors (Lipinski definition) is 5. The van der Waals surface area contributed by atoms with Crippen LogP contribution in [0, 0.1) is 0 Å². The molecular formula is C19H25NO3S. The molecule has 0 amide bonds. The molecule has 0 radical (unpaired) electrons. The van der Waals surface area contributed by atoms with Crippen molar-refractivity contribution >= 4 is 11.3 Å². The number of aliphatic hydroxyl groups is 1. The Morgan fingerprint density at radius 1 is 1.38 bits per heavy atom. The molecule has 2 aromatic rings. The van der Waals surface area contributed by atoms with Crippen molar-refractivity contribution in [3.8, 4) is 5.75 Å². The number of methoxy groups -OCH3 is 1. The van der Waals surface area contributed by atoms with Crippen LogP contribution in [0.15, 0.2) is 41.8 Å². The Morgan fingerprint density at radius 3 is 3.00 bits per heavy atom. The molecule has 0 bridgehead atoms. The lowest BCUT2D eigenvalue weighted by Gasteiger charge is -2.27. The average Bonchev–Trinajstić information content (AvgIpc) is 3.29. The fraction of sp³-hybridized carbons (Fsp3) is 0.474. The predicted molar refractivity (Wildman–Crippen MR) is 96.5 cm³/mol. The van der Waals surface area contributed by atoms with E-state index < -0.39 is 6.10 Å². The van der Waals surface area contributed by atoms with Gasteiger partial charge in [-0.1, -0.05) is 18.2 Å². The third-order valence-corrected chi connectivity index (χ3v) is 5.22. The quantitative estimate of drug-likeness (QED) is 0.794. The van der Waals surface area contributed by atoms with E-state index in [9.17, 15) is 5.11 Å². The second-order valence-corrected chi connectivity index (χ2v) is 7.23. The third kappa shape index (κ3) is 4.80. The molecule has 0 spiro atoms. The Hall–Kier alpha value is -1.40. The zero-order valence-electron chi connectivity index (χ0n) is 14.1. The number of rotatable bonds is 8. The van der Waals surface area contributed by atoms with Gasteiger partial charge in [0.25, 0.3) is 0 Å². The van der Waals surface area contributed by atoms with E-state index in [1.807, 2.05) is 24.3 Å². The van der Waals surface area contributed by atoms with Crippen LogP contribution in [0.25, 0.3) is 0 Å². The molecule has 1 saturated heterocycles. The summed E-state index contributed by atoms with van der Waals surface area (Å²) in [7, 11) is 1.64. The molecule has 3 rings (SSSR count). The van der Waals surface area contributed by atoms with Crippen molar-refractivity contribution < 1.29 is 14.6 Å². The molecule has 0 aliphatic carbocycles. The van der Waals surface area contributed by atoms with E-state index in [1.165, 1.54) is 4.88 Å². The van der Waals surface area contributed by atoms with Crippen LogP contribution in [0.1, 0.15) is 29.4 Å². The molecule has 1 N–H and O–H groups in total. The fourth-order valence-corrected chi connectivity index (χ4v) is 3.85. The lowest BCUT2D eigenvalue weighted by Crippen LogP contribution is -2.34. The van der Waals surface area contributed by atoms with Gasteiger partial charge in [0.2, 0.25) is 0 Å². The summed E-state index contributed by atoms with van der Waals surface area (Å²) in [5.74, 6) is 0.774. The van der Waals surface area contributed by atoms with E-state index in [1.54, 1.807) is 18.4 Å². The second-order valence-electron chi connectivity index (χ2n) is 6.20. The normalized spacial score (nSPS) is 18.9. The second kappa shape index (κ2) is 8.62. The first-order chi connectivity index (χ1) is 11.7. The van der Waals surface area contributed by atoms with E-state index in [4.69, 9.17) is 9.47 Å². The molecule has 0 saturated carbocycles.